The summed E-state index contributed by atoms with van der Waals surface area (Å²) in [4.78, 5) is 0. The van der Waals surface area contributed by atoms with Gasteiger partial charge >= 0.3 is 0 Å². The molecule has 2 atom stereocenters. The maximum atomic E-state index is 11.1. The van der Waals surface area contributed by atoms with Crippen LogP contribution in [-0.2, 0) is 10.1 Å². The summed E-state index contributed by atoms with van der Waals surface area (Å²) in [7, 11) is -4.02. The number of hydrogen-bond donors (Lipinski definition) is 2. The zero-order chi connectivity index (χ0) is 16.8. The van der Waals surface area contributed by atoms with Gasteiger partial charge in [0, 0.05) is 0 Å². The van der Waals surface area contributed by atoms with E-state index in [2.05, 4.69) is 6.92 Å². The van der Waals surface area contributed by atoms with Gasteiger partial charge in [0.05, 0.1) is 11.4 Å². The Morgan fingerprint density at radius 2 is 1.27 bits per heavy atom. The van der Waals surface area contributed by atoms with Gasteiger partial charge in [0.25, 0.3) is 10.1 Å². The highest BCUT2D eigenvalue weighted by atomic mass is 32.2. The second kappa shape index (κ2) is 13.3. The quantitative estimate of drug-likeness (QED) is 0.335. The fourth-order valence-corrected chi connectivity index (χ4v) is 3.67. The Kier molecular flexibility index (Phi) is 13.2. The summed E-state index contributed by atoms with van der Waals surface area (Å²) in [6.45, 7) is 3.94. The molecular formula is C17H36O4S. The summed E-state index contributed by atoms with van der Waals surface area (Å²) in [5.41, 5.74) is 0. The number of unbranched alkanes of at least 4 members (excludes halogenated alkanes) is 9. The van der Waals surface area contributed by atoms with E-state index >= 15 is 0 Å². The Morgan fingerprint density at radius 1 is 0.818 bits per heavy atom. The van der Waals surface area contributed by atoms with Crippen molar-refractivity contribution < 1.29 is 18.1 Å². The molecule has 22 heavy (non-hydrogen) atoms. The fourth-order valence-electron chi connectivity index (χ4n) is 2.79. The molecule has 0 aliphatic rings. The van der Waals surface area contributed by atoms with Gasteiger partial charge in [0.15, 0.2) is 0 Å². The molecule has 0 radical (unpaired) electrons. The third kappa shape index (κ3) is 12.4. The summed E-state index contributed by atoms with van der Waals surface area (Å²) in [5.74, 6) is 0. The Labute approximate surface area is 137 Å². The van der Waals surface area contributed by atoms with E-state index in [-0.39, 0.29) is 6.42 Å². The van der Waals surface area contributed by atoms with E-state index in [1.54, 1.807) is 6.92 Å². The van der Waals surface area contributed by atoms with E-state index in [9.17, 15) is 13.5 Å². The molecule has 0 rings (SSSR count). The van der Waals surface area contributed by atoms with Crippen LogP contribution in [0.2, 0.25) is 0 Å². The Bertz CT molecular complexity index is 341. The maximum Gasteiger partial charge on any atom is 0.267 e. The molecule has 2 N–H and O–H groups in total. The van der Waals surface area contributed by atoms with Crippen LogP contribution in [0.5, 0.6) is 0 Å². The number of hydrogen-bond acceptors (Lipinski definition) is 3. The van der Waals surface area contributed by atoms with Gasteiger partial charge in [-0.05, 0) is 19.3 Å². The highest BCUT2D eigenvalue weighted by molar-refractivity contribution is 7.86. The smallest absolute Gasteiger partial charge is 0.267 e. The highest BCUT2D eigenvalue weighted by Gasteiger charge is 2.23. The van der Waals surface area contributed by atoms with Gasteiger partial charge in [-0.1, -0.05) is 78.1 Å². The van der Waals surface area contributed by atoms with Crippen molar-refractivity contribution in [2.45, 2.75) is 109 Å². The Morgan fingerprint density at radius 3 is 1.68 bits per heavy atom. The van der Waals surface area contributed by atoms with E-state index in [4.69, 9.17) is 4.55 Å². The molecule has 5 heteroatoms. The summed E-state index contributed by atoms with van der Waals surface area (Å²) >= 11 is 0. The minimum Gasteiger partial charge on any atom is -0.393 e. The molecule has 0 bridgehead atoms. The molecule has 0 aromatic heterocycles. The van der Waals surface area contributed by atoms with Crippen molar-refractivity contribution in [1.29, 1.82) is 0 Å². The van der Waals surface area contributed by atoms with Crippen LogP contribution in [0.1, 0.15) is 97.3 Å². The lowest BCUT2D eigenvalue weighted by Gasteiger charge is -2.16. The lowest BCUT2D eigenvalue weighted by Crippen LogP contribution is -2.25. The van der Waals surface area contributed by atoms with Gasteiger partial charge in [-0.3, -0.25) is 4.55 Å². The number of aliphatic hydroxyl groups is 1. The molecule has 0 amide bonds. The third-order valence-corrected chi connectivity index (χ3v) is 5.67. The topological polar surface area (TPSA) is 74.6 Å². The van der Waals surface area contributed by atoms with Crippen LogP contribution < -0.4 is 0 Å². The Hall–Kier alpha value is -0.130. The summed E-state index contributed by atoms with van der Waals surface area (Å²) < 4.78 is 31.2. The van der Waals surface area contributed by atoms with Crippen molar-refractivity contribution in [2.75, 3.05) is 0 Å². The first-order valence-corrected chi connectivity index (χ1v) is 10.6. The normalized spacial score (nSPS) is 14.9. The van der Waals surface area contributed by atoms with Crippen LogP contribution in [0, 0.1) is 0 Å². The standard InChI is InChI=1S/C17H36O4S/c1-3-5-6-7-8-9-10-11-12-13-14-16(18)15-17(4-2)22(19,20)21/h16-18H,3-15H2,1-2H3,(H,19,20,21). The average molecular weight is 337 g/mol. The molecule has 0 spiro atoms. The Balaban J connectivity index is 3.51. The molecule has 0 aromatic carbocycles. The van der Waals surface area contributed by atoms with Crippen molar-refractivity contribution in [2.24, 2.45) is 0 Å². The molecule has 0 saturated carbocycles. The summed E-state index contributed by atoms with van der Waals surface area (Å²) in [6.07, 6.45) is 12.9. The van der Waals surface area contributed by atoms with Crippen LogP contribution in [0.25, 0.3) is 0 Å². The lowest BCUT2D eigenvalue weighted by molar-refractivity contribution is 0.147. The zero-order valence-electron chi connectivity index (χ0n) is 14.5. The monoisotopic (exact) mass is 336 g/mol. The van der Waals surface area contributed by atoms with E-state index < -0.39 is 21.5 Å². The first-order chi connectivity index (χ1) is 10.4. The van der Waals surface area contributed by atoms with Crippen LogP contribution in [-0.4, -0.2) is 29.4 Å². The van der Waals surface area contributed by atoms with Crippen LogP contribution in [0.15, 0.2) is 0 Å². The number of aliphatic hydroxyl groups excluding tert-OH is 1. The number of rotatable bonds is 15. The molecule has 0 saturated heterocycles. The molecule has 0 heterocycles. The van der Waals surface area contributed by atoms with Crippen LogP contribution >= 0.6 is 0 Å². The van der Waals surface area contributed by atoms with Crippen LogP contribution in [0.4, 0.5) is 0 Å². The molecular weight excluding hydrogens is 300 g/mol. The second-order valence-corrected chi connectivity index (χ2v) is 8.10. The van der Waals surface area contributed by atoms with Gasteiger partial charge in [-0.25, -0.2) is 0 Å². The lowest BCUT2D eigenvalue weighted by atomic mass is 10.0. The minimum absolute atomic E-state index is 0.146. The molecule has 0 fully saturated rings. The van der Waals surface area contributed by atoms with E-state index in [1.807, 2.05) is 0 Å². The first kappa shape index (κ1) is 21.9. The maximum absolute atomic E-state index is 11.1. The van der Waals surface area contributed by atoms with Crippen molar-refractivity contribution in [1.82, 2.24) is 0 Å². The van der Waals surface area contributed by atoms with Crippen molar-refractivity contribution in [3.63, 3.8) is 0 Å². The highest BCUT2D eigenvalue weighted by Crippen LogP contribution is 2.17. The van der Waals surface area contributed by atoms with Gasteiger partial charge in [-0.15, -0.1) is 0 Å². The fraction of sp³-hybridized carbons (Fsp3) is 1.00. The molecule has 0 aliphatic carbocycles. The molecule has 0 aromatic rings. The second-order valence-electron chi connectivity index (χ2n) is 6.41. The predicted octanol–water partition coefficient (Wildman–Crippen LogP) is 4.71. The average Bonchev–Trinajstić information content (AvgIpc) is 2.45. The molecule has 134 valence electrons. The summed E-state index contributed by atoms with van der Waals surface area (Å²) in [6, 6.07) is 0. The van der Waals surface area contributed by atoms with E-state index in [0.29, 0.717) is 12.8 Å². The third-order valence-electron chi connectivity index (χ3n) is 4.30. The molecule has 2 unspecified atom stereocenters. The van der Waals surface area contributed by atoms with E-state index in [0.717, 1.165) is 12.8 Å². The van der Waals surface area contributed by atoms with Crippen molar-refractivity contribution in [3.05, 3.63) is 0 Å². The van der Waals surface area contributed by atoms with Gasteiger partial charge in [0.2, 0.25) is 0 Å². The zero-order valence-corrected chi connectivity index (χ0v) is 15.3. The van der Waals surface area contributed by atoms with Crippen LogP contribution in [0.3, 0.4) is 0 Å². The SMILES string of the molecule is CCCCCCCCCCCCC(O)CC(CC)S(=O)(=O)O. The molecule has 0 aliphatic heterocycles. The summed E-state index contributed by atoms with van der Waals surface area (Å²) in [5, 5.41) is 9.03. The van der Waals surface area contributed by atoms with Gasteiger partial charge in [-0.2, -0.15) is 8.42 Å². The minimum atomic E-state index is -4.02. The largest absolute Gasteiger partial charge is 0.393 e. The van der Waals surface area contributed by atoms with Gasteiger partial charge < -0.3 is 5.11 Å². The molecule has 4 nitrogen and oxygen atoms in total. The predicted molar refractivity (Wildman–Crippen MR) is 92.7 cm³/mol. The van der Waals surface area contributed by atoms with Gasteiger partial charge in [0.1, 0.15) is 0 Å². The van der Waals surface area contributed by atoms with E-state index in [1.165, 1.54) is 51.4 Å². The van der Waals surface area contributed by atoms with Crippen molar-refractivity contribution in [3.8, 4) is 0 Å². The van der Waals surface area contributed by atoms with Crippen molar-refractivity contribution >= 4 is 10.1 Å². The first-order valence-electron chi connectivity index (χ1n) is 9.06.